The lowest BCUT2D eigenvalue weighted by Crippen LogP contribution is -2.45. The fraction of sp³-hybridized carbons (Fsp3) is 0.462. The van der Waals surface area contributed by atoms with Gasteiger partial charge in [-0.25, -0.2) is 0 Å². The number of benzene rings is 1. The maximum Gasteiger partial charge on any atom is 0.239 e. The summed E-state index contributed by atoms with van der Waals surface area (Å²) in [6, 6.07) is 7.37. The van der Waals surface area contributed by atoms with E-state index >= 15 is 0 Å². The number of carbonyl (C=O) groups is 1. The molecule has 1 aromatic carbocycles. The van der Waals surface area contributed by atoms with Gasteiger partial charge in [0.05, 0.1) is 17.3 Å². The Labute approximate surface area is 108 Å². The number of amides is 1. The first kappa shape index (κ1) is 13.8. The van der Waals surface area contributed by atoms with E-state index in [-0.39, 0.29) is 18.0 Å². The highest BCUT2D eigenvalue weighted by Crippen LogP contribution is 2.19. The molecule has 0 aliphatic carbocycles. The Morgan fingerprint density at radius 2 is 2.00 bits per heavy atom. The highest BCUT2D eigenvalue weighted by Gasteiger charge is 2.17. The highest BCUT2D eigenvalue weighted by atomic mass is 35.5. The zero-order chi connectivity index (χ0) is 12.9. The molecule has 0 bridgehead atoms. The number of hydrogen-bond donors (Lipinski definition) is 2. The van der Waals surface area contributed by atoms with Gasteiger partial charge in [0.1, 0.15) is 0 Å². The number of para-hydroxylation sites is 1. The molecule has 0 aliphatic heterocycles. The van der Waals surface area contributed by atoms with Gasteiger partial charge >= 0.3 is 0 Å². The normalized spacial score (nSPS) is 11.1. The molecule has 0 aliphatic rings. The van der Waals surface area contributed by atoms with Gasteiger partial charge in [-0.15, -0.1) is 0 Å². The predicted molar refractivity (Wildman–Crippen MR) is 72.5 cm³/mol. The summed E-state index contributed by atoms with van der Waals surface area (Å²) in [5, 5.41) is 6.59. The molecule has 0 unspecified atom stereocenters. The first-order valence-corrected chi connectivity index (χ1v) is 6.12. The molecule has 0 heterocycles. The second-order valence-electron chi connectivity index (χ2n) is 4.62. The lowest BCUT2D eigenvalue weighted by atomic mass is 10.0. The van der Waals surface area contributed by atoms with Gasteiger partial charge < -0.3 is 10.6 Å². The Bertz CT molecular complexity index is 391. The third kappa shape index (κ3) is 4.65. The van der Waals surface area contributed by atoms with Crippen LogP contribution in [0.4, 0.5) is 5.69 Å². The van der Waals surface area contributed by atoms with Crippen LogP contribution >= 0.6 is 11.6 Å². The van der Waals surface area contributed by atoms with Crippen molar-refractivity contribution in [2.45, 2.75) is 32.7 Å². The lowest BCUT2D eigenvalue weighted by Gasteiger charge is -2.24. The summed E-state index contributed by atoms with van der Waals surface area (Å²) in [6.07, 6.45) is 0.894. The van der Waals surface area contributed by atoms with Crippen molar-refractivity contribution in [1.82, 2.24) is 5.32 Å². The number of rotatable bonds is 5. The van der Waals surface area contributed by atoms with Crippen molar-refractivity contribution in [3.8, 4) is 0 Å². The van der Waals surface area contributed by atoms with Gasteiger partial charge in [0.2, 0.25) is 5.91 Å². The van der Waals surface area contributed by atoms with Crippen molar-refractivity contribution in [3.05, 3.63) is 29.3 Å². The van der Waals surface area contributed by atoms with Crippen molar-refractivity contribution in [3.63, 3.8) is 0 Å². The lowest BCUT2D eigenvalue weighted by molar-refractivity contribution is -0.121. The molecule has 1 amide bonds. The minimum absolute atomic E-state index is 0.0308. The number of anilines is 1. The minimum Gasteiger partial charge on any atom is -0.375 e. The van der Waals surface area contributed by atoms with E-state index in [9.17, 15) is 4.79 Å². The van der Waals surface area contributed by atoms with Crippen LogP contribution in [0.2, 0.25) is 5.02 Å². The molecule has 2 N–H and O–H groups in total. The average Bonchev–Trinajstić information content (AvgIpc) is 2.27. The van der Waals surface area contributed by atoms with Crippen LogP contribution in [0.5, 0.6) is 0 Å². The summed E-state index contributed by atoms with van der Waals surface area (Å²) in [4.78, 5) is 11.7. The molecule has 94 valence electrons. The quantitative estimate of drug-likeness (QED) is 0.848. The fourth-order valence-electron chi connectivity index (χ4n) is 1.29. The van der Waals surface area contributed by atoms with Crippen LogP contribution in [0.25, 0.3) is 0 Å². The first-order chi connectivity index (χ1) is 7.94. The Balaban J connectivity index is 2.47. The van der Waals surface area contributed by atoms with Gasteiger partial charge in [0.15, 0.2) is 0 Å². The summed E-state index contributed by atoms with van der Waals surface area (Å²) in [7, 11) is 0. The zero-order valence-corrected chi connectivity index (χ0v) is 11.3. The summed E-state index contributed by atoms with van der Waals surface area (Å²) in [5.74, 6) is -0.0308. The third-order valence-corrected chi connectivity index (χ3v) is 3.00. The molecule has 1 rings (SSSR count). The molecule has 0 spiro atoms. The number of halogens is 1. The maximum atomic E-state index is 11.7. The smallest absolute Gasteiger partial charge is 0.239 e. The van der Waals surface area contributed by atoms with Crippen LogP contribution in [-0.2, 0) is 4.79 Å². The molecular formula is C13H19ClN2O. The Hall–Kier alpha value is -1.22. The molecule has 17 heavy (non-hydrogen) atoms. The van der Waals surface area contributed by atoms with Gasteiger partial charge in [0.25, 0.3) is 0 Å². The van der Waals surface area contributed by atoms with Crippen molar-refractivity contribution in [1.29, 1.82) is 0 Å². The second kappa shape index (κ2) is 5.92. The monoisotopic (exact) mass is 254 g/mol. The topological polar surface area (TPSA) is 41.1 Å². The molecule has 0 aromatic heterocycles. The molecule has 0 radical (unpaired) electrons. The van der Waals surface area contributed by atoms with Crippen molar-refractivity contribution in [2.24, 2.45) is 0 Å². The molecular weight excluding hydrogens is 236 g/mol. The highest BCUT2D eigenvalue weighted by molar-refractivity contribution is 6.33. The van der Waals surface area contributed by atoms with E-state index in [1.54, 1.807) is 6.07 Å². The fourth-order valence-corrected chi connectivity index (χ4v) is 1.49. The van der Waals surface area contributed by atoms with Crippen LogP contribution in [0.1, 0.15) is 27.2 Å². The van der Waals surface area contributed by atoms with E-state index < -0.39 is 0 Å². The van der Waals surface area contributed by atoms with E-state index in [1.807, 2.05) is 39.0 Å². The Morgan fingerprint density at radius 1 is 1.35 bits per heavy atom. The van der Waals surface area contributed by atoms with Crippen LogP contribution in [-0.4, -0.2) is 18.0 Å². The molecule has 4 heteroatoms. The first-order valence-electron chi connectivity index (χ1n) is 5.74. The average molecular weight is 255 g/mol. The Morgan fingerprint density at radius 3 is 2.59 bits per heavy atom. The molecule has 0 saturated carbocycles. The van der Waals surface area contributed by atoms with Gasteiger partial charge in [-0.1, -0.05) is 30.7 Å². The van der Waals surface area contributed by atoms with E-state index in [0.29, 0.717) is 5.02 Å². The van der Waals surface area contributed by atoms with Gasteiger partial charge in [0, 0.05) is 5.54 Å². The van der Waals surface area contributed by atoms with Crippen molar-refractivity contribution in [2.75, 3.05) is 11.9 Å². The second-order valence-corrected chi connectivity index (χ2v) is 5.03. The summed E-state index contributed by atoms with van der Waals surface area (Å²) in [6.45, 7) is 6.27. The minimum atomic E-state index is -0.167. The van der Waals surface area contributed by atoms with Crippen LogP contribution in [0, 0.1) is 0 Å². The Kier molecular flexibility index (Phi) is 4.82. The molecule has 3 nitrogen and oxygen atoms in total. The van der Waals surface area contributed by atoms with Gasteiger partial charge in [-0.05, 0) is 32.4 Å². The van der Waals surface area contributed by atoms with E-state index in [4.69, 9.17) is 11.6 Å². The molecule has 0 saturated heterocycles. The van der Waals surface area contributed by atoms with Crippen LogP contribution < -0.4 is 10.6 Å². The molecule has 0 fully saturated rings. The van der Waals surface area contributed by atoms with Crippen LogP contribution in [0.3, 0.4) is 0 Å². The van der Waals surface area contributed by atoms with Crippen LogP contribution in [0.15, 0.2) is 24.3 Å². The number of carbonyl (C=O) groups excluding carboxylic acids is 1. The zero-order valence-electron chi connectivity index (χ0n) is 10.5. The van der Waals surface area contributed by atoms with Gasteiger partial charge in [-0.3, -0.25) is 4.79 Å². The molecule has 1 aromatic rings. The summed E-state index contributed by atoms with van der Waals surface area (Å²) in [5.41, 5.74) is 0.609. The number of hydrogen-bond acceptors (Lipinski definition) is 2. The van der Waals surface area contributed by atoms with Gasteiger partial charge in [-0.2, -0.15) is 0 Å². The van der Waals surface area contributed by atoms with Crippen molar-refractivity contribution < 1.29 is 4.79 Å². The van der Waals surface area contributed by atoms with Crippen molar-refractivity contribution >= 4 is 23.2 Å². The SMILES string of the molecule is CCC(C)(C)NC(=O)CNc1ccccc1Cl. The predicted octanol–water partition coefficient (Wildman–Crippen LogP) is 3.06. The van der Waals surface area contributed by atoms with E-state index in [0.717, 1.165) is 12.1 Å². The van der Waals surface area contributed by atoms with E-state index in [1.165, 1.54) is 0 Å². The standard InChI is InChI=1S/C13H19ClN2O/c1-4-13(2,3)16-12(17)9-15-11-8-6-5-7-10(11)14/h5-8,15H,4,9H2,1-3H3,(H,16,17). The largest absolute Gasteiger partial charge is 0.375 e. The maximum absolute atomic E-state index is 11.7. The summed E-state index contributed by atoms with van der Waals surface area (Å²) < 4.78 is 0. The number of nitrogens with one attached hydrogen (secondary N) is 2. The van der Waals surface area contributed by atoms with E-state index in [2.05, 4.69) is 10.6 Å². The third-order valence-electron chi connectivity index (χ3n) is 2.67. The summed E-state index contributed by atoms with van der Waals surface area (Å²) >= 11 is 5.97. The molecule has 0 atom stereocenters.